The van der Waals surface area contributed by atoms with Gasteiger partial charge in [0.25, 0.3) is 0 Å². The summed E-state index contributed by atoms with van der Waals surface area (Å²) in [6, 6.07) is 0.680. The first-order valence-electron chi connectivity index (χ1n) is 5.48. The molecule has 1 atom stereocenters. The molecule has 0 saturated heterocycles. The standard InChI is InChI=1S/C11H8BrF4NO4/c12-5-3-8-7(2-4(5)1-6(17)9(18)19)20-10(13,14)11(15,16)21-8/h2-3,6H,1,17H2,(H,18,19). The van der Waals surface area contributed by atoms with Crippen molar-refractivity contribution in [3.05, 3.63) is 22.2 Å². The molecular formula is C11H8BrF4NO4. The van der Waals surface area contributed by atoms with E-state index in [-0.39, 0.29) is 16.5 Å². The highest BCUT2D eigenvalue weighted by Crippen LogP contribution is 2.48. The van der Waals surface area contributed by atoms with E-state index < -0.39 is 35.7 Å². The van der Waals surface area contributed by atoms with Crippen LogP contribution in [0.25, 0.3) is 0 Å². The minimum atomic E-state index is -4.83. The van der Waals surface area contributed by atoms with Crippen LogP contribution in [-0.4, -0.2) is 29.3 Å². The van der Waals surface area contributed by atoms with Gasteiger partial charge in [-0.3, -0.25) is 4.79 Å². The summed E-state index contributed by atoms with van der Waals surface area (Å²) >= 11 is 3.00. The van der Waals surface area contributed by atoms with Crippen LogP contribution >= 0.6 is 15.9 Å². The molecule has 1 aliphatic rings. The number of benzene rings is 1. The Hall–Kier alpha value is -1.55. The molecule has 3 N–H and O–H groups in total. The number of rotatable bonds is 3. The fourth-order valence-corrected chi connectivity index (χ4v) is 2.10. The zero-order valence-corrected chi connectivity index (χ0v) is 11.7. The number of alkyl halides is 4. The summed E-state index contributed by atoms with van der Waals surface area (Å²) in [7, 11) is 0. The summed E-state index contributed by atoms with van der Waals surface area (Å²) in [5, 5.41) is 8.71. The Balaban J connectivity index is 2.37. The maximum atomic E-state index is 13.1. The summed E-state index contributed by atoms with van der Waals surface area (Å²) in [6.45, 7) is 0. The van der Waals surface area contributed by atoms with E-state index in [1.807, 2.05) is 0 Å². The van der Waals surface area contributed by atoms with E-state index in [1.165, 1.54) is 0 Å². The number of aliphatic carboxylic acids is 1. The predicted octanol–water partition coefficient (Wildman–Crippen LogP) is 2.36. The van der Waals surface area contributed by atoms with Crippen molar-refractivity contribution >= 4 is 21.9 Å². The van der Waals surface area contributed by atoms with Crippen LogP contribution in [0.15, 0.2) is 16.6 Å². The van der Waals surface area contributed by atoms with Crippen LogP contribution in [0.3, 0.4) is 0 Å². The fraction of sp³-hybridized carbons (Fsp3) is 0.364. The maximum absolute atomic E-state index is 13.1. The molecule has 5 nitrogen and oxygen atoms in total. The van der Waals surface area contributed by atoms with Gasteiger partial charge < -0.3 is 20.3 Å². The minimum absolute atomic E-state index is 0.183. The van der Waals surface area contributed by atoms with Crippen LogP contribution < -0.4 is 15.2 Å². The van der Waals surface area contributed by atoms with Gasteiger partial charge >= 0.3 is 18.2 Å². The lowest BCUT2D eigenvalue weighted by molar-refractivity contribution is -0.391. The predicted molar refractivity (Wildman–Crippen MR) is 64.6 cm³/mol. The first-order valence-corrected chi connectivity index (χ1v) is 6.27. The van der Waals surface area contributed by atoms with Crippen molar-refractivity contribution in [3.63, 3.8) is 0 Å². The molecule has 0 saturated carbocycles. The van der Waals surface area contributed by atoms with E-state index in [2.05, 4.69) is 25.4 Å². The Labute approximate surface area is 123 Å². The van der Waals surface area contributed by atoms with Gasteiger partial charge in [0, 0.05) is 4.47 Å². The van der Waals surface area contributed by atoms with Gasteiger partial charge in [-0.25, -0.2) is 0 Å². The molecule has 1 unspecified atom stereocenters. The lowest BCUT2D eigenvalue weighted by atomic mass is 10.1. The Morgan fingerprint density at radius 1 is 1.24 bits per heavy atom. The number of carbonyl (C=O) groups is 1. The van der Waals surface area contributed by atoms with Gasteiger partial charge in [-0.2, -0.15) is 17.6 Å². The van der Waals surface area contributed by atoms with Crippen molar-refractivity contribution in [3.8, 4) is 11.5 Å². The largest absolute Gasteiger partial charge is 0.507 e. The number of carboxylic acids is 1. The van der Waals surface area contributed by atoms with Gasteiger partial charge in [0.1, 0.15) is 6.04 Å². The number of carboxylic acid groups (broad SMARTS) is 1. The highest BCUT2D eigenvalue weighted by Gasteiger charge is 2.66. The van der Waals surface area contributed by atoms with Crippen molar-refractivity contribution in [2.75, 3.05) is 0 Å². The third-order valence-electron chi connectivity index (χ3n) is 2.68. The number of nitrogens with two attached hydrogens (primary N) is 1. The molecule has 1 heterocycles. The molecule has 0 fully saturated rings. The second-order valence-corrected chi connectivity index (χ2v) is 5.13. The average molecular weight is 374 g/mol. The van der Waals surface area contributed by atoms with Crippen molar-refractivity contribution in [1.29, 1.82) is 0 Å². The number of ether oxygens (including phenoxy) is 2. The second-order valence-electron chi connectivity index (χ2n) is 4.28. The van der Waals surface area contributed by atoms with Crippen LogP contribution in [0.5, 0.6) is 11.5 Å². The van der Waals surface area contributed by atoms with Gasteiger partial charge in [0.05, 0.1) is 0 Å². The van der Waals surface area contributed by atoms with E-state index in [1.54, 1.807) is 0 Å². The molecule has 0 radical (unpaired) electrons. The second kappa shape index (κ2) is 5.02. The van der Waals surface area contributed by atoms with Crippen molar-refractivity contribution < 1.29 is 36.9 Å². The maximum Gasteiger partial charge on any atom is 0.507 e. The molecule has 0 amide bonds. The normalized spacial score (nSPS) is 19.9. The van der Waals surface area contributed by atoms with Crippen LogP contribution in [0.4, 0.5) is 17.6 Å². The SMILES string of the molecule is NC(Cc1cc2c(cc1Br)OC(F)(F)C(F)(F)O2)C(=O)O. The van der Waals surface area contributed by atoms with Gasteiger partial charge in [0.2, 0.25) is 0 Å². The Morgan fingerprint density at radius 2 is 1.71 bits per heavy atom. The van der Waals surface area contributed by atoms with E-state index in [0.717, 1.165) is 12.1 Å². The van der Waals surface area contributed by atoms with Crippen LogP contribution in [0.2, 0.25) is 0 Å². The molecule has 0 spiro atoms. The summed E-state index contributed by atoms with van der Waals surface area (Å²) in [5.74, 6) is -2.51. The number of hydrogen-bond donors (Lipinski definition) is 2. The topological polar surface area (TPSA) is 81.8 Å². The number of halogens is 5. The monoisotopic (exact) mass is 373 g/mol. The Kier molecular flexibility index (Phi) is 3.79. The molecule has 1 aliphatic heterocycles. The molecule has 116 valence electrons. The van der Waals surface area contributed by atoms with Crippen molar-refractivity contribution in [2.45, 2.75) is 24.7 Å². The van der Waals surface area contributed by atoms with Crippen molar-refractivity contribution in [1.82, 2.24) is 0 Å². The number of fused-ring (bicyclic) bond motifs is 1. The first kappa shape index (κ1) is 15.8. The molecule has 0 bridgehead atoms. The highest BCUT2D eigenvalue weighted by atomic mass is 79.9. The average Bonchev–Trinajstić information content (AvgIpc) is 2.32. The molecule has 21 heavy (non-hydrogen) atoms. The summed E-state index contributed by atoms with van der Waals surface area (Å²) in [5.41, 5.74) is 5.53. The van der Waals surface area contributed by atoms with Crippen LogP contribution in [-0.2, 0) is 11.2 Å². The highest BCUT2D eigenvalue weighted by molar-refractivity contribution is 9.10. The zero-order valence-electron chi connectivity index (χ0n) is 10.1. The lowest BCUT2D eigenvalue weighted by Gasteiger charge is -2.32. The van der Waals surface area contributed by atoms with Gasteiger partial charge in [-0.05, 0) is 24.1 Å². The summed E-state index contributed by atoms with van der Waals surface area (Å²) in [4.78, 5) is 10.7. The van der Waals surface area contributed by atoms with E-state index in [9.17, 15) is 22.4 Å². The van der Waals surface area contributed by atoms with Gasteiger partial charge in [0.15, 0.2) is 11.5 Å². The van der Waals surface area contributed by atoms with Gasteiger partial charge in [-0.15, -0.1) is 0 Å². The molecule has 0 aliphatic carbocycles. The lowest BCUT2D eigenvalue weighted by Crippen LogP contribution is -2.52. The zero-order chi connectivity index (χ0) is 16.0. The quantitative estimate of drug-likeness (QED) is 0.794. The molecule has 1 aromatic carbocycles. The molecule has 0 aromatic heterocycles. The van der Waals surface area contributed by atoms with Crippen LogP contribution in [0.1, 0.15) is 5.56 Å². The molecular weight excluding hydrogens is 366 g/mol. The molecule has 2 rings (SSSR count). The van der Waals surface area contributed by atoms with E-state index in [0.29, 0.717) is 0 Å². The van der Waals surface area contributed by atoms with E-state index in [4.69, 9.17) is 10.8 Å². The smallest absolute Gasteiger partial charge is 0.480 e. The van der Waals surface area contributed by atoms with E-state index >= 15 is 0 Å². The fourth-order valence-electron chi connectivity index (χ4n) is 1.61. The Bertz CT molecular complexity index is 596. The van der Waals surface area contributed by atoms with Crippen LogP contribution in [0, 0.1) is 0 Å². The molecule has 1 aromatic rings. The number of hydrogen-bond acceptors (Lipinski definition) is 4. The third-order valence-corrected chi connectivity index (χ3v) is 3.42. The Morgan fingerprint density at radius 3 is 2.19 bits per heavy atom. The first-order chi connectivity index (χ1) is 9.53. The summed E-state index contributed by atoms with van der Waals surface area (Å²) in [6.07, 6.45) is -9.85. The third kappa shape index (κ3) is 2.91. The van der Waals surface area contributed by atoms with Crippen molar-refractivity contribution in [2.24, 2.45) is 5.73 Å². The minimum Gasteiger partial charge on any atom is -0.480 e. The molecule has 10 heteroatoms. The van der Waals surface area contributed by atoms with Gasteiger partial charge in [-0.1, -0.05) is 15.9 Å². The summed E-state index contributed by atoms with van der Waals surface area (Å²) < 4.78 is 60.2.